The molecule has 0 heterocycles. The van der Waals surface area contributed by atoms with Gasteiger partial charge in [-0.05, 0) is 34.6 Å². The molecule has 3 rings (SSSR count). The van der Waals surface area contributed by atoms with Gasteiger partial charge in [-0.15, -0.1) is 0 Å². The molecular formula is C21H23NO4. The van der Waals surface area contributed by atoms with Gasteiger partial charge in [0, 0.05) is 10.0 Å². The molecule has 0 fully saturated rings. The Labute approximate surface area is 157 Å². The molecule has 1 aliphatic rings. The maximum Gasteiger partial charge on any atom is 0.407 e. The van der Waals surface area contributed by atoms with Crippen LogP contribution < -0.4 is 5.32 Å². The largest absolute Gasteiger partial charge is 0.480 e. The van der Waals surface area contributed by atoms with E-state index in [0.717, 1.165) is 22.3 Å². The number of carbonyl (C=O) groups excluding carboxylic acids is 1. The molecule has 2 aromatic carbocycles. The van der Waals surface area contributed by atoms with Gasteiger partial charge in [0.1, 0.15) is 12.6 Å². The van der Waals surface area contributed by atoms with Crippen LogP contribution in [0.15, 0.2) is 48.5 Å². The summed E-state index contributed by atoms with van der Waals surface area (Å²) >= 11 is 0. The Morgan fingerprint density at radius 2 is 1.73 bits per heavy atom. The SMILES string of the molecule is [2H]C([2H])([2H])C(C)CC(NC(=O)OCC1c2ccccc2-c2ccccc21)C(=O)O. The number of carboxylic acid groups (broad SMARTS) is 1. The van der Waals surface area contributed by atoms with Crippen molar-refractivity contribution in [3.05, 3.63) is 59.7 Å². The van der Waals surface area contributed by atoms with Crippen molar-refractivity contribution >= 4 is 12.1 Å². The van der Waals surface area contributed by atoms with E-state index >= 15 is 0 Å². The molecule has 0 saturated carbocycles. The molecule has 0 spiro atoms. The van der Waals surface area contributed by atoms with E-state index in [4.69, 9.17) is 8.85 Å². The summed E-state index contributed by atoms with van der Waals surface area (Å²) in [6.07, 6.45) is -1.09. The fourth-order valence-corrected chi connectivity index (χ4v) is 3.36. The predicted molar refractivity (Wildman–Crippen MR) is 99.1 cm³/mol. The van der Waals surface area contributed by atoms with Crippen LogP contribution in [0.25, 0.3) is 11.1 Å². The third kappa shape index (κ3) is 3.72. The normalized spacial score (nSPS) is 17.0. The van der Waals surface area contributed by atoms with Gasteiger partial charge >= 0.3 is 12.1 Å². The molecule has 5 nitrogen and oxygen atoms in total. The van der Waals surface area contributed by atoms with E-state index < -0.39 is 30.9 Å². The number of carbonyl (C=O) groups is 2. The fraction of sp³-hybridized carbons (Fsp3) is 0.333. The number of rotatable bonds is 6. The van der Waals surface area contributed by atoms with Crippen molar-refractivity contribution in [2.24, 2.45) is 5.92 Å². The molecule has 0 aromatic heterocycles. The fourth-order valence-electron chi connectivity index (χ4n) is 3.36. The molecule has 136 valence electrons. The van der Waals surface area contributed by atoms with Gasteiger partial charge in [-0.3, -0.25) is 0 Å². The average Bonchev–Trinajstić information content (AvgIpc) is 2.99. The second-order valence-electron chi connectivity index (χ2n) is 6.50. The lowest BCUT2D eigenvalue weighted by Gasteiger charge is -2.18. The standard InChI is InChI=1S/C21H23NO4/c1-13(2)11-19(20(23)24)22-21(25)26-12-18-16-9-5-3-7-14(16)15-8-4-6-10-17(15)18/h3-10,13,18-19H,11-12H2,1-2H3,(H,22,25)(H,23,24)/i1D3. The molecule has 26 heavy (non-hydrogen) atoms. The average molecular weight is 356 g/mol. The Morgan fingerprint density at radius 1 is 1.15 bits per heavy atom. The van der Waals surface area contributed by atoms with E-state index in [1.807, 2.05) is 48.5 Å². The number of carboxylic acids is 1. The lowest BCUT2D eigenvalue weighted by Crippen LogP contribution is -2.42. The molecule has 0 bridgehead atoms. The third-order valence-corrected chi connectivity index (χ3v) is 4.52. The van der Waals surface area contributed by atoms with Gasteiger partial charge in [0.25, 0.3) is 0 Å². The summed E-state index contributed by atoms with van der Waals surface area (Å²) in [6.45, 7) is -0.806. The van der Waals surface area contributed by atoms with E-state index in [0.29, 0.717) is 0 Å². The molecule has 0 aliphatic heterocycles. The van der Waals surface area contributed by atoms with Gasteiger partial charge in [-0.2, -0.15) is 0 Å². The molecule has 1 aliphatic carbocycles. The maximum absolute atomic E-state index is 12.2. The van der Waals surface area contributed by atoms with Crippen LogP contribution >= 0.6 is 0 Å². The highest BCUT2D eigenvalue weighted by Crippen LogP contribution is 2.44. The molecule has 2 aromatic rings. The van der Waals surface area contributed by atoms with Gasteiger partial charge < -0.3 is 15.2 Å². The highest BCUT2D eigenvalue weighted by molar-refractivity contribution is 5.81. The van der Waals surface area contributed by atoms with E-state index in [2.05, 4.69) is 5.32 Å². The first-order chi connectivity index (χ1) is 13.7. The van der Waals surface area contributed by atoms with Gasteiger partial charge in [0.2, 0.25) is 0 Å². The van der Waals surface area contributed by atoms with Crippen LogP contribution in [-0.2, 0) is 9.53 Å². The molecule has 0 radical (unpaired) electrons. The van der Waals surface area contributed by atoms with Gasteiger partial charge in [0.05, 0.1) is 0 Å². The number of aliphatic carboxylic acids is 1. The molecular weight excluding hydrogens is 330 g/mol. The lowest BCUT2D eigenvalue weighted by molar-refractivity contribution is -0.139. The Morgan fingerprint density at radius 3 is 2.27 bits per heavy atom. The first-order valence-electron chi connectivity index (χ1n) is 10.0. The summed E-state index contributed by atoms with van der Waals surface area (Å²) < 4.78 is 27.5. The number of fused-ring (bicyclic) bond motifs is 3. The number of amides is 1. The van der Waals surface area contributed by atoms with Crippen molar-refractivity contribution in [2.75, 3.05) is 6.61 Å². The summed E-state index contributed by atoms with van der Waals surface area (Å²) in [5, 5.41) is 11.6. The zero-order chi connectivity index (χ0) is 21.2. The smallest absolute Gasteiger partial charge is 0.407 e. The summed E-state index contributed by atoms with van der Waals surface area (Å²) in [5.41, 5.74) is 4.28. The number of alkyl carbamates (subject to hydrolysis) is 1. The molecule has 1 amide bonds. The van der Waals surface area contributed by atoms with Crippen LogP contribution in [0.2, 0.25) is 0 Å². The second-order valence-corrected chi connectivity index (χ2v) is 6.50. The summed E-state index contributed by atoms with van der Waals surface area (Å²) in [4.78, 5) is 23.7. The zero-order valence-electron chi connectivity index (χ0n) is 17.4. The Kier molecular flexibility index (Phi) is 4.20. The van der Waals surface area contributed by atoms with Crippen LogP contribution in [0.5, 0.6) is 0 Å². The number of benzene rings is 2. The van der Waals surface area contributed by atoms with Crippen LogP contribution in [0.1, 0.15) is 41.4 Å². The Hall–Kier alpha value is -2.82. The highest BCUT2D eigenvalue weighted by atomic mass is 16.5. The molecule has 0 saturated heterocycles. The minimum atomic E-state index is -2.30. The van der Waals surface area contributed by atoms with Gasteiger partial charge in [0.15, 0.2) is 0 Å². The van der Waals surface area contributed by atoms with Crippen LogP contribution in [0.4, 0.5) is 4.79 Å². The number of nitrogens with one attached hydrogen (secondary N) is 1. The topological polar surface area (TPSA) is 75.6 Å². The third-order valence-electron chi connectivity index (χ3n) is 4.52. The van der Waals surface area contributed by atoms with Crippen LogP contribution in [-0.4, -0.2) is 29.8 Å². The molecule has 2 atom stereocenters. The van der Waals surface area contributed by atoms with Crippen molar-refractivity contribution < 1.29 is 23.5 Å². The van der Waals surface area contributed by atoms with E-state index in [-0.39, 0.29) is 18.9 Å². The first-order valence-corrected chi connectivity index (χ1v) is 8.52. The summed E-state index contributed by atoms with van der Waals surface area (Å²) in [7, 11) is 0. The summed E-state index contributed by atoms with van der Waals surface area (Å²) in [5.74, 6) is -2.31. The Bertz CT molecular complexity index is 867. The van der Waals surface area contributed by atoms with Crippen molar-refractivity contribution in [3.63, 3.8) is 0 Å². The quantitative estimate of drug-likeness (QED) is 0.819. The van der Waals surface area contributed by atoms with Gasteiger partial charge in [-0.1, -0.05) is 62.3 Å². The minimum Gasteiger partial charge on any atom is -0.480 e. The van der Waals surface area contributed by atoms with Crippen molar-refractivity contribution in [3.8, 4) is 11.1 Å². The van der Waals surface area contributed by atoms with Gasteiger partial charge in [-0.25, -0.2) is 9.59 Å². The van der Waals surface area contributed by atoms with Crippen LogP contribution in [0, 0.1) is 5.92 Å². The molecule has 2 unspecified atom stereocenters. The van der Waals surface area contributed by atoms with E-state index in [1.54, 1.807) is 0 Å². The number of hydrogen-bond acceptors (Lipinski definition) is 3. The second kappa shape index (κ2) is 7.60. The van der Waals surface area contributed by atoms with E-state index in [9.17, 15) is 14.7 Å². The van der Waals surface area contributed by atoms with E-state index in [1.165, 1.54) is 6.92 Å². The monoisotopic (exact) mass is 356 g/mol. The lowest BCUT2D eigenvalue weighted by atomic mass is 9.98. The number of hydrogen-bond donors (Lipinski definition) is 2. The highest BCUT2D eigenvalue weighted by Gasteiger charge is 2.29. The first kappa shape index (κ1) is 14.4. The van der Waals surface area contributed by atoms with Crippen molar-refractivity contribution in [1.82, 2.24) is 5.32 Å². The number of ether oxygens (including phenoxy) is 1. The molecule has 2 N–H and O–H groups in total. The van der Waals surface area contributed by atoms with Crippen molar-refractivity contribution in [1.29, 1.82) is 0 Å². The minimum absolute atomic E-state index is 0.0566. The molecule has 5 heteroatoms. The maximum atomic E-state index is 12.2. The Balaban J connectivity index is 1.67. The summed E-state index contributed by atoms with van der Waals surface area (Å²) in [6, 6.07) is 14.4. The zero-order valence-corrected chi connectivity index (χ0v) is 14.4. The van der Waals surface area contributed by atoms with Crippen LogP contribution in [0.3, 0.4) is 0 Å². The van der Waals surface area contributed by atoms with Crippen molar-refractivity contribution in [2.45, 2.75) is 32.2 Å². The predicted octanol–water partition coefficient (Wildman–Crippen LogP) is 4.02.